The molecule has 3 N–H and O–H groups in total. The van der Waals surface area contributed by atoms with Crippen LogP contribution < -0.4 is 15.8 Å². The fourth-order valence-corrected chi connectivity index (χ4v) is 3.42. The van der Waals surface area contributed by atoms with E-state index in [1.54, 1.807) is 0 Å². The van der Waals surface area contributed by atoms with Crippen LogP contribution in [0.15, 0.2) is 42.5 Å². The maximum absolute atomic E-state index is 12.6. The van der Waals surface area contributed by atoms with E-state index in [9.17, 15) is 4.79 Å². The number of carbonyl (C=O) groups excluding carboxylic acids is 1. The third-order valence-electron chi connectivity index (χ3n) is 4.50. The molecule has 3 rings (SSSR count). The van der Waals surface area contributed by atoms with E-state index < -0.39 is 0 Å². The highest BCUT2D eigenvalue weighted by atomic mass is 16.5. The van der Waals surface area contributed by atoms with E-state index in [0.717, 1.165) is 36.3 Å². The number of hydrogen-bond donors (Lipinski definition) is 2. The van der Waals surface area contributed by atoms with E-state index in [-0.39, 0.29) is 18.1 Å². The van der Waals surface area contributed by atoms with Crippen LogP contribution in [-0.4, -0.2) is 12.0 Å². The van der Waals surface area contributed by atoms with Gasteiger partial charge < -0.3 is 15.8 Å². The van der Waals surface area contributed by atoms with Crippen LogP contribution in [-0.2, 0) is 17.6 Å². The molecule has 132 valence electrons. The molecule has 1 aliphatic rings. The van der Waals surface area contributed by atoms with Crippen LogP contribution in [0, 0.1) is 0 Å². The van der Waals surface area contributed by atoms with Gasteiger partial charge in [-0.25, -0.2) is 0 Å². The number of nitrogen functional groups attached to an aromatic ring is 1. The van der Waals surface area contributed by atoms with Crippen molar-refractivity contribution in [1.82, 2.24) is 5.32 Å². The molecule has 1 aliphatic carbocycles. The van der Waals surface area contributed by atoms with Crippen molar-refractivity contribution in [3.05, 3.63) is 59.2 Å². The second-order valence-corrected chi connectivity index (χ2v) is 6.92. The van der Waals surface area contributed by atoms with E-state index in [2.05, 4.69) is 5.32 Å². The Labute approximate surface area is 149 Å². The Morgan fingerprint density at radius 1 is 1.28 bits per heavy atom. The number of amides is 1. The predicted octanol–water partition coefficient (Wildman–Crippen LogP) is 3.79. The highest BCUT2D eigenvalue weighted by molar-refractivity contribution is 5.80. The van der Waals surface area contributed by atoms with Gasteiger partial charge in [-0.1, -0.05) is 24.3 Å². The average molecular weight is 338 g/mol. The van der Waals surface area contributed by atoms with Crippen LogP contribution >= 0.6 is 0 Å². The second-order valence-electron chi connectivity index (χ2n) is 6.92. The van der Waals surface area contributed by atoms with Gasteiger partial charge in [-0.05, 0) is 62.4 Å². The lowest BCUT2D eigenvalue weighted by Crippen LogP contribution is -2.32. The van der Waals surface area contributed by atoms with Crippen molar-refractivity contribution in [2.24, 2.45) is 0 Å². The van der Waals surface area contributed by atoms with Crippen LogP contribution in [0.3, 0.4) is 0 Å². The molecule has 0 spiro atoms. The fraction of sp³-hybridized carbons (Fsp3) is 0.381. The smallest absolute Gasteiger partial charge is 0.225 e. The Morgan fingerprint density at radius 3 is 2.88 bits per heavy atom. The van der Waals surface area contributed by atoms with E-state index >= 15 is 0 Å². The zero-order valence-corrected chi connectivity index (χ0v) is 14.9. The molecule has 0 bridgehead atoms. The van der Waals surface area contributed by atoms with Crippen LogP contribution in [0.5, 0.6) is 5.75 Å². The fourth-order valence-electron chi connectivity index (χ4n) is 3.42. The van der Waals surface area contributed by atoms with Crippen LogP contribution in [0.1, 0.15) is 49.4 Å². The number of nitrogens with two attached hydrogens (primary N) is 1. The van der Waals surface area contributed by atoms with Gasteiger partial charge in [-0.2, -0.15) is 0 Å². The molecule has 0 aromatic heterocycles. The van der Waals surface area contributed by atoms with Gasteiger partial charge in [0.15, 0.2) is 0 Å². The summed E-state index contributed by atoms with van der Waals surface area (Å²) in [6.07, 6.45) is 3.46. The zero-order valence-electron chi connectivity index (χ0n) is 14.9. The summed E-state index contributed by atoms with van der Waals surface area (Å²) in [5.41, 5.74) is 10.0. The van der Waals surface area contributed by atoms with Gasteiger partial charge in [0.05, 0.1) is 18.6 Å². The molecule has 4 nitrogen and oxygen atoms in total. The molecule has 0 saturated carbocycles. The molecule has 1 unspecified atom stereocenters. The first-order valence-electron chi connectivity index (χ1n) is 8.95. The molecule has 2 aromatic carbocycles. The maximum atomic E-state index is 12.6. The summed E-state index contributed by atoms with van der Waals surface area (Å²) >= 11 is 0. The minimum Gasteiger partial charge on any atom is -0.491 e. The Bertz CT molecular complexity index is 755. The molecule has 0 aliphatic heterocycles. The molecular formula is C21H26N2O2. The Kier molecular flexibility index (Phi) is 5.27. The molecule has 0 radical (unpaired) electrons. The van der Waals surface area contributed by atoms with Crippen molar-refractivity contribution in [2.75, 3.05) is 5.73 Å². The molecule has 2 aromatic rings. The summed E-state index contributed by atoms with van der Waals surface area (Å²) < 4.78 is 5.81. The maximum Gasteiger partial charge on any atom is 0.225 e. The third kappa shape index (κ3) is 4.32. The summed E-state index contributed by atoms with van der Waals surface area (Å²) in [4.78, 5) is 12.6. The predicted molar refractivity (Wildman–Crippen MR) is 101 cm³/mol. The lowest BCUT2D eigenvalue weighted by Gasteiger charge is -2.27. The number of carbonyl (C=O) groups is 1. The second kappa shape index (κ2) is 7.60. The number of ether oxygens (including phenoxy) is 1. The van der Waals surface area contributed by atoms with Crippen molar-refractivity contribution in [2.45, 2.75) is 51.7 Å². The van der Waals surface area contributed by atoms with Crippen LogP contribution in [0.25, 0.3) is 0 Å². The number of rotatable bonds is 5. The van der Waals surface area contributed by atoms with E-state index in [1.165, 1.54) is 11.1 Å². The average Bonchev–Trinajstić information content (AvgIpc) is 2.56. The number of nitrogens with one attached hydrogen (secondary N) is 1. The lowest BCUT2D eigenvalue weighted by atomic mass is 9.87. The van der Waals surface area contributed by atoms with Gasteiger partial charge >= 0.3 is 0 Å². The Balaban J connectivity index is 1.70. The van der Waals surface area contributed by atoms with E-state index in [1.807, 2.05) is 56.3 Å². The first kappa shape index (κ1) is 17.3. The molecule has 0 fully saturated rings. The summed E-state index contributed by atoms with van der Waals surface area (Å²) in [6.45, 7) is 3.98. The minimum absolute atomic E-state index is 0.0227. The lowest BCUT2D eigenvalue weighted by molar-refractivity contribution is -0.121. The van der Waals surface area contributed by atoms with Crippen molar-refractivity contribution in [3.8, 4) is 5.75 Å². The highest BCUT2D eigenvalue weighted by Crippen LogP contribution is 2.31. The first-order valence-corrected chi connectivity index (χ1v) is 8.95. The van der Waals surface area contributed by atoms with Crippen LogP contribution in [0.4, 0.5) is 5.69 Å². The molecule has 4 heteroatoms. The van der Waals surface area contributed by atoms with Crippen molar-refractivity contribution in [1.29, 1.82) is 0 Å². The molecule has 25 heavy (non-hydrogen) atoms. The monoisotopic (exact) mass is 338 g/mol. The van der Waals surface area contributed by atoms with Crippen molar-refractivity contribution < 1.29 is 9.53 Å². The molecule has 0 saturated heterocycles. The third-order valence-corrected chi connectivity index (χ3v) is 4.50. The van der Waals surface area contributed by atoms with E-state index in [4.69, 9.17) is 10.5 Å². The number of anilines is 1. The van der Waals surface area contributed by atoms with Gasteiger partial charge in [0, 0.05) is 11.3 Å². The number of aryl methyl sites for hydroxylation is 1. The topological polar surface area (TPSA) is 64.3 Å². The summed E-state index contributed by atoms with van der Waals surface area (Å²) in [6, 6.07) is 13.8. The molecule has 1 amide bonds. The standard InChI is InChI=1S/C21H26N2O2/c1-14(2)25-20-9-4-3-6-16(20)13-21(24)23-19-8-5-7-15-12-17(22)10-11-18(15)19/h3-4,6,9-12,14,19H,5,7-8,13,22H2,1-2H3,(H,23,24). The summed E-state index contributed by atoms with van der Waals surface area (Å²) in [5.74, 6) is 0.805. The SMILES string of the molecule is CC(C)Oc1ccccc1CC(=O)NC1CCCc2cc(N)ccc21. The zero-order chi connectivity index (χ0) is 17.8. The van der Waals surface area contributed by atoms with Gasteiger partial charge in [0.2, 0.25) is 5.91 Å². The normalized spacial score (nSPS) is 16.4. The number of para-hydroxylation sites is 1. The number of fused-ring (bicyclic) bond motifs is 1. The number of hydrogen-bond acceptors (Lipinski definition) is 3. The summed E-state index contributed by atoms with van der Waals surface area (Å²) in [5, 5.41) is 3.19. The molecule has 0 heterocycles. The quantitative estimate of drug-likeness (QED) is 0.815. The van der Waals surface area contributed by atoms with Gasteiger partial charge in [-0.15, -0.1) is 0 Å². The van der Waals surface area contributed by atoms with Crippen molar-refractivity contribution >= 4 is 11.6 Å². The first-order chi connectivity index (χ1) is 12.0. The van der Waals surface area contributed by atoms with Gasteiger partial charge in [0.1, 0.15) is 5.75 Å². The number of benzene rings is 2. The largest absolute Gasteiger partial charge is 0.491 e. The Morgan fingerprint density at radius 2 is 2.08 bits per heavy atom. The van der Waals surface area contributed by atoms with E-state index in [0.29, 0.717) is 6.42 Å². The molecular weight excluding hydrogens is 312 g/mol. The summed E-state index contributed by atoms with van der Waals surface area (Å²) in [7, 11) is 0. The highest BCUT2D eigenvalue weighted by Gasteiger charge is 2.22. The van der Waals surface area contributed by atoms with Gasteiger partial charge in [-0.3, -0.25) is 4.79 Å². The Hall–Kier alpha value is -2.49. The molecule has 1 atom stereocenters. The minimum atomic E-state index is 0.0227. The van der Waals surface area contributed by atoms with Crippen LogP contribution in [0.2, 0.25) is 0 Å². The van der Waals surface area contributed by atoms with Gasteiger partial charge in [0.25, 0.3) is 0 Å². The van der Waals surface area contributed by atoms with Crippen molar-refractivity contribution in [3.63, 3.8) is 0 Å².